The number of rotatable bonds is 8. The van der Waals surface area contributed by atoms with Crippen LogP contribution in [0.2, 0.25) is 0 Å². The molecule has 5 heteroatoms. The second-order valence-corrected chi connectivity index (χ2v) is 4.78. The number of allylic oxidation sites excluding steroid dienone is 1. The summed E-state index contributed by atoms with van der Waals surface area (Å²) in [6.45, 7) is 3.74. The molecule has 0 aliphatic carbocycles. The molecule has 0 N–H and O–H groups in total. The summed E-state index contributed by atoms with van der Waals surface area (Å²) in [6.07, 6.45) is -0.970. The van der Waals surface area contributed by atoms with Crippen LogP contribution >= 0.6 is 0 Å². The normalized spacial score (nSPS) is 10.1. The van der Waals surface area contributed by atoms with Crippen LogP contribution in [0.25, 0.3) is 0 Å². The quantitative estimate of drug-likeness (QED) is 0.531. The van der Waals surface area contributed by atoms with Crippen LogP contribution in [0.15, 0.2) is 35.9 Å². The molecule has 21 heavy (non-hydrogen) atoms. The predicted octanol–water partition coefficient (Wildman–Crippen LogP) is 4.26. The Morgan fingerprint density at radius 3 is 2.62 bits per heavy atom. The molecule has 0 atom stereocenters. The van der Waals surface area contributed by atoms with E-state index in [1.54, 1.807) is 0 Å². The Morgan fingerprint density at radius 1 is 1.19 bits per heavy atom. The van der Waals surface area contributed by atoms with Gasteiger partial charge in [0.1, 0.15) is 19.0 Å². The molecular weight excluding hydrogens is 278 g/mol. The molecule has 0 aliphatic rings. The number of carbonyl (C=O) groups excluding carboxylic acids is 1. The zero-order valence-corrected chi connectivity index (χ0v) is 12.3. The van der Waals surface area contributed by atoms with Crippen LogP contribution in [-0.2, 0) is 9.53 Å². The number of halogens is 2. The van der Waals surface area contributed by atoms with Crippen LogP contribution < -0.4 is 4.74 Å². The maximum atomic E-state index is 12.1. The third-order valence-electron chi connectivity index (χ3n) is 2.86. The summed E-state index contributed by atoms with van der Waals surface area (Å²) < 4.78 is 34.7. The molecule has 0 saturated carbocycles. The van der Waals surface area contributed by atoms with Crippen LogP contribution in [0.1, 0.15) is 31.7 Å². The van der Waals surface area contributed by atoms with Gasteiger partial charge in [-0.1, -0.05) is 12.1 Å². The van der Waals surface area contributed by atoms with Crippen molar-refractivity contribution in [1.29, 1.82) is 0 Å². The van der Waals surface area contributed by atoms with Crippen LogP contribution in [0.5, 0.6) is 5.75 Å². The van der Waals surface area contributed by atoms with Gasteiger partial charge in [-0.3, -0.25) is 4.79 Å². The number of esters is 1. The number of aryl methyl sites for hydroxylation is 1. The molecule has 0 heterocycles. The molecule has 0 unspecified atom stereocenters. The zero-order valence-electron chi connectivity index (χ0n) is 12.3. The summed E-state index contributed by atoms with van der Waals surface area (Å²) in [6, 6.07) is 7.57. The Bertz CT molecular complexity index is 494. The number of ether oxygens (including phenoxy) is 2. The number of hydrogen-bond acceptors (Lipinski definition) is 3. The standard InChI is InChI=1S/C16H20F2O3/c1-12-5-3-7-14(11-12)20-9-10-21-15(19)8-4-6-13(2)16(17)18/h3,5,7,11H,4,6,8-10H2,1-2H3. The average molecular weight is 298 g/mol. The first kappa shape index (κ1) is 17.1. The van der Waals surface area contributed by atoms with Crippen molar-refractivity contribution in [3.8, 4) is 5.75 Å². The number of benzene rings is 1. The van der Waals surface area contributed by atoms with Crippen molar-refractivity contribution < 1.29 is 23.0 Å². The van der Waals surface area contributed by atoms with Crippen molar-refractivity contribution >= 4 is 5.97 Å². The third-order valence-corrected chi connectivity index (χ3v) is 2.86. The Balaban J connectivity index is 2.12. The Hall–Kier alpha value is -1.91. The lowest BCUT2D eigenvalue weighted by Crippen LogP contribution is -2.12. The zero-order chi connectivity index (χ0) is 15.7. The molecule has 116 valence electrons. The van der Waals surface area contributed by atoms with Gasteiger partial charge in [-0.2, -0.15) is 8.78 Å². The minimum atomic E-state index is -1.67. The molecule has 0 amide bonds. The fourth-order valence-electron chi connectivity index (χ4n) is 1.68. The number of carbonyl (C=O) groups is 1. The molecule has 0 bridgehead atoms. The maximum Gasteiger partial charge on any atom is 0.305 e. The molecule has 1 aromatic rings. The monoisotopic (exact) mass is 298 g/mol. The fourth-order valence-corrected chi connectivity index (χ4v) is 1.68. The van der Waals surface area contributed by atoms with Crippen molar-refractivity contribution in [2.24, 2.45) is 0 Å². The van der Waals surface area contributed by atoms with Crippen LogP contribution in [0.4, 0.5) is 8.78 Å². The first-order chi connectivity index (χ1) is 9.99. The van der Waals surface area contributed by atoms with Crippen molar-refractivity contribution in [2.45, 2.75) is 33.1 Å². The topological polar surface area (TPSA) is 35.5 Å². The van der Waals surface area contributed by atoms with E-state index < -0.39 is 12.0 Å². The van der Waals surface area contributed by atoms with E-state index in [0.29, 0.717) is 6.42 Å². The van der Waals surface area contributed by atoms with E-state index in [2.05, 4.69) is 0 Å². The highest BCUT2D eigenvalue weighted by Gasteiger charge is 2.05. The minimum absolute atomic E-state index is 0.0191. The molecule has 0 aliphatic heterocycles. The molecule has 0 aromatic heterocycles. The van der Waals surface area contributed by atoms with Gasteiger partial charge in [0.15, 0.2) is 0 Å². The summed E-state index contributed by atoms with van der Waals surface area (Å²) in [5.74, 6) is 0.333. The van der Waals surface area contributed by atoms with Crippen molar-refractivity contribution in [1.82, 2.24) is 0 Å². The van der Waals surface area contributed by atoms with E-state index in [-0.39, 0.29) is 31.6 Å². The Morgan fingerprint density at radius 2 is 1.95 bits per heavy atom. The molecule has 0 saturated heterocycles. The molecular formula is C16H20F2O3. The summed E-state index contributed by atoms with van der Waals surface area (Å²) in [5.41, 5.74) is 1.11. The molecule has 1 aromatic carbocycles. The van der Waals surface area contributed by atoms with Gasteiger partial charge in [-0.25, -0.2) is 0 Å². The smallest absolute Gasteiger partial charge is 0.305 e. The summed E-state index contributed by atoms with van der Waals surface area (Å²) in [4.78, 5) is 11.4. The van der Waals surface area contributed by atoms with Gasteiger partial charge in [0.05, 0.1) is 0 Å². The third kappa shape index (κ3) is 7.44. The Labute approximate surface area is 123 Å². The molecule has 0 radical (unpaired) electrons. The van der Waals surface area contributed by atoms with Gasteiger partial charge in [0, 0.05) is 6.42 Å². The van der Waals surface area contributed by atoms with E-state index >= 15 is 0 Å². The molecule has 0 spiro atoms. The van der Waals surface area contributed by atoms with Crippen molar-refractivity contribution in [3.05, 3.63) is 41.5 Å². The maximum absolute atomic E-state index is 12.1. The van der Waals surface area contributed by atoms with E-state index in [1.165, 1.54) is 6.92 Å². The van der Waals surface area contributed by atoms with E-state index in [1.807, 2.05) is 31.2 Å². The van der Waals surface area contributed by atoms with Crippen molar-refractivity contribution in [3.63, 3.8) is 0 Å². The lowest BCUT2D eigenvalue weighted by Gasteiger charge is -2.08. The first-order valence-electron chi connectivity index (χ1n) is 6.85. The summed E-state index contributed by atoms with van der Waals surface area (Å²) >= 11 is 0. The van der Waals surface area contributed by atoms with E-state index in [4.69, 9.17) is 9.47 Å². The summed E-state index contributed by atoms with van der Waals surface area (Å²) in [7, 11) is 0. The van der Waals surface area contributed by atoms with Gasteiger partial charge in [-0.05, 0) is 50.0 Å². The van der Waals surface area contributed by atoms with E-state index in [0.717, 1.165) is 11.3 Å². The molecule has 1 rings (SSSR count). The van der Waals surface area contributed by atoms with Gasteiger partial charge >= 0.3 is 5.97 Å². The van der Waals surface area contributed by atoms with Gasteiger partial charge in [0.2, 0.25) is 0 Å². The lowest BCUT2D eigenvalue weighted by atomic mass is 10.1. The average Bonchev–Trinajstić information content (AvgIpc) is 2.43. The van der Waals surface area contributed by atoms with Crippen molar-refractivity contribution in [2.75, 3.05) is 13.2 Å². The Kier molecular flexibility index (Phi) is 7.43. The lowest BCUT2D eigenvalue weighted by molar-refractivity contribution is -0.144. The molecule has 0 fully saturated rings. The van der Waals surface area contributed by atoms with Gasteiger partial charge in [0.25, 0.3) is 6.08 Å². The first-order valence-corrected chi connectivity index (χ1v) is 6.85. The second-order valence-electron chi connectivity index (χ2n) is 4.78. The second kappa shape index (κ2) is 9.10. The minimum Gasteiger partial charge on any atom is -0.490 e. The predicted molar refractivity (Wildman–Crippen MR) is 76.4 cm³/mol. The highest BCUT2D eigenvalue weighted by molar-refractivity contribution is 5.69. The van der Waals surface area contributed by atoms with Gasteiger partial charge in [-0.15, -0.1) is 0 Å². The number of hydrogen-bond donors (Lipinski definition) is 0. The highest BCUT2D eigenvalue weighted by Crippen LogP contribution is 2.14. The fraction of sp³-hybridized carbons (Fsp3) is 0.438. The van der Waals surface area contributed by atoms with E-state index in [9.17, 15) is 13.6 Å². The molecule has 3 nitrogen and oxygen atoms in total. The SMILES string of the molecule is CC(CCCC(=O)OCCOc1cccc(C)c1)=C(F)F. The van der Waals surface area contributed by atoms with Crippen LogP contribution in [-0.4, -0.2) is 19.2 Å². The van der Waals surface area contributed by atoms with Crippen LogP contribution in [0, 0.1) is 6.92 Å². The summed E-state index contributed by atoms with van der Waals surface area (Å²) in [5, 5.41) is 0. The largest absolute Gasteiger partial charge is 0.490 e. The highest BCUT2D eigenvalue weighted by atomic mass is 19.3. The van der Waals surface area contributed by atoms with Gasteiger partial charge < -0.3 is 9.47 Å². The van der Waals surface area contributed by atoms with Crippen LogP contribution in [0.3, 0.4) is 0 Å².